The largest absolute Gasteiger partial charge is 0.318 e. The van der Waals surface area contributed by atoms with E-state index in [4.69, 9.17) is 23.8 Å². The molecule has 1 aliphatic rings. The smallest absolute Gasteiger partial charge is 0.270 e. The molecule has 0 unspecified atom stereocenters. The van der Waals surface area contributed by atoms with Gasteiger partial charge in [-0.25, -0.2) is 0 Å². The Bertz CT molecular complexity index is 1340. The van der Waals surface area contributed by atoms with E-state index in [2.05, 4.69) is 5.32 Å². The molecule has 1 fully saturated rings. The maximum atomic E-state index is 13.2. The highest BCUT2D eigenvalue weighted by atomic mass is 35.5. The van der Waals surface area contributed by atoms with Gasteiger partial charge in [-0.2, -0.15) is 0 Å². The molecule has 0 atom stereocenters. The number of hydrogen-bond acceptors (Lipinski definition) is 5. The predicted octanol–water partition coefficient (Wildman–Crippen LogP) is 4.49. The first-order valence-electron chi connectivity index (χ1n) is 9.78. The fraction of sp³-hybridized carbons (Fsp3) is 0.0870. The SMILES string of the molecule is Cc1cc(/C=C2\C(=O)NC(=S)N(c3ccc(Cl)cc3)C2=O)c(C)n1-c1ccc([N+](=O)[O-])cc1. The Balaban J connectivity index is 1.73. The van der Waals surface area contributed by atoms with Crippen LogP contribution >= 0.6 is 23.8 Å². The first kappa shape index (κ1) is 22.4. The molecule has 1 aliphatic heterocycles. The summed E-state index contributed by atoms with van der Waals surface area (Å²) in [6, 6.07) is 14.5. The summed E-state index contributed by atoms with van der Waals surface area (Å²) in [7, 11) is 0. The van der Waals surface area contributed by atoms with Crippen molar-refractivity contribution in [3.05, 3.63) is 92.3 Å². The van der Waals surface area contributed by atoms with Gasteiger partial charge in [-0.3, -0.25) is 29.9 Å². The average Bonchev–Trinajstić information content (AvgIpc) is 3.05. The summed E-state index contributed by atoms with van der Waals surface area (Å²) < 4.78 is 1.89. The molecule has 1 N–H and O–H groups in total. The summed E-state index contributed by atoms with van der Waals surface area (Å²) in [5.41, 5.74) is 3.39. The molecule has 4 rings (SSSR count). The van der Waals surface area contributed by atoms with Gasteiger partial charge in [0.2, 0.25) is 0 Å². The van der Waals surface area contributed by atoms with Crippen LogP contribution in [0.15, 0.2) is 60.2 Å². The summed E-state index contributed by atoms with van der Waals surface area (Å²) >= 11 is 11.2. The highest BCUT2D eigenvalue weighted by Gasteiger charge is 2.34. The number of amides is 2. The zero-order chi connectivity index (χ0) is 23.9. The van der Waals surface area contributed by atoms with Crippen LogP contribution in [-0.4, -0.2) is 26.4 Å². The Morgan fingerprint density at radius 2 is 1.64 bits per heavy atom. The zero-order valence-electron chi connectivity index (χ0n) is 17.5. The first-order chi connectivity index (χ1) is 15.7. The van der Waals surface area contributed by atoms with E-state index in [1.165, 1.54) is 23.1 Å². The van der Waals surface area contributed by atoms with E-state index in [0.717, 1.165) is 17.1 Å². The molecule has 1 aromatic heterocycles. The third-order valence-electron chi connectivity index (χ3n) is 5.28. The van der Waals surface area contributed by atoms with Gasteiger partial charge in [0.05, 0.1) is 10.6 Å². The maximum Gasteiger partial charge on any atom is 0.270 e. The monoisotopic (exact) mass is 480 g/mol. The molecule has 2 heterocycles. The Morgan fingerprint density at radius 3 is 2.24 bits per heavy atom. The normalized spacial score (nSPS) is 15.2. The van der Waals surface area contributed by atoms with Crippen molar-refractivity contribution in [3.8, 4) is 5.69 Å². The number of carbonyl (C=O) groups excluding carboxylic acids is 2. The molecule has 10 heteroatoms. The Morgan fingerprint density at radius 1 is 1.03 bits per heavy atom. The molecule has 0 bridgehead atoms. The van der Waals surface area contributed by atoms with Crippen molar-refractivity contribution in [1.29, 1.82) is 0 Å². The van der Waals surface area contributed by atoms with Crippen molar-refractivity contribution in [2.45, 2.75) is 13.8 Å². The molecular weight excluding hydrogens is 464 g/mol. The second-order valence-electron chi connectivity index (χ2n) is 7.37. The van der Waals surface area contributed by atoms with Gasteiger partial charge in [0, 0.05) is 34.2 Å². The molecule has 0 aliphatic carbocycles. The standard InChI is InChI=1S/C23H17ClN4O4S/c1-13-11-15(14(2)26(13)17-7-9-19(10-8-17)28(31)32)12-20-21(29)25-23(33)27(22(20)30)18-5-3-16(24)4-6-18/h3-12H,1-2H3,(H,25,29,33)/b20-12+. The third kappa shape index (κ3) is 4.15. The van der Waals surface area contributed by atoms with Crippen LogP contribution in [0.25, 0.3) is 11.8 Å². The van der Waals surface area contributed by atoms with Crippen LogP contribution < -0.4 is 10.2 Å². The van der Waals surface area contributed by atoms with Gasteiger partial charge in [0.15, 0.2) is 5.11 Å². The van der Waals surface area contributed by atoms with Gasteiger partial charge in [0.1, 0.15) is 5.57 Å². The van der Waals surface area contributed by atoms with E-state index < -0.39 is 16.7 Å². The molecule has 1 saturated heterocycles. The van der Waals surface area contributed by atoms with Crippen molar-refractivity contribution < 1.29 is 14.5 Å². The lowest BCUT2D eigenvalue weighted by Gasteiger charge is -2.28. The molecule has 0 saturated carbocycles. The summed E-state index contributed by atoms with van der Waals surface area (Å²) in [6.45, 7) is 3.71. The molecule has 0 spiro atoms. The molecule has 33 heavy (non-hydrogen) atoms. The molecule has 2 amide bonds. The van der Waals surface area contributed by atoms with Crippen LogP contribution in [0.3, 0.4) is 0 Å². The fourth-order valence-corrected chi connectivity index (χ4v) is 4.10. The molecule has 166 valence electrons. The van der Waals surface area contributed by atoms with Crippen LogP contribution in [0.1, 0.15) is 17.0 Å². The zero-order valence-corrected chi connectivity index (χ0v) is 19.1. The number of nitro groups is 1. The number of carbonyl (C=O) groups is 2. The Kier molecular flexibility index (Phi) is 5.84. The van der Waals surface area contributed by atoms with E-state index in [1.54, 1.807) is 36.4 Å². The minimum absolute atomic E-state index is 0.00807. The number of nitro benzene ring substituents is 1. The van der Waals surface area contributed by atoms with Crippen molar-refractivity contribution in [2.24, 2.45) is 0 Å². The summed E-state index contributed by atoms with van der Waals surface area (Å²) in [4.78, 5) is 37.6. The Hall–Kier alpha value is -3.82. The quantitative estimate of drug-likeness (QED) is 0.195. The second kappa shape index (κ2) is 8.61. The lowest BCUT2D eigenvalue weighted by atomic mass is 10.1. The lowest BCUT2D eigenvalue weighted by molar-refractivity contribution is -0.384. The van der Waals surface area contributed by atoms with E-state index >= 15 is 0 Å². The number of benzene rings is 2. The molecular formula is C23H17ClN4O4S. The highest BCUT2D eigenvalue weighted by Crippen LogP contribution is 2.27. The second-order valence-corrected chi connectivity index (χ2v) is 8.19. The summed E-state index contributed by atoms with van der Waals surface area (Å²) in [6.07, 6.45) is 1.52. The van der Waals surface area contributed by atoms with Crippen LogP contribution in [-0.2, 0) is 9.59 Å². The van der Waals surface area contributed by atoms with E-state index in [9.17, 15) is 19.7 Å². The number of hydrogen-bond donors (Lipinski definition) is 1. The van der Waals surface area contributed by atoms with Crippen LogP contribution in [0.5, 0.6) is 0 Å². The van der Waals surface area contributed by atoms with E-state index in [-0.39, 0.29) is 16.4 Å². The molecule has 3 aromatic rings. The van der Waals surface area contributed by atoms with E-state index in [1.807, 2.05) is 24.5 Å². The van der Waals surface area contributed by atoms with Gasteiger partial charge in [-0.1, -0.05) is 11.6 Å². The third-order valence-corrected chi connectivity index (χ3v) is 5.81. The lowest BCUT2D eigenvalue weighted by Crippen LogP contribution is -2.54. The number of non-ortho nitro benzene ring substituents is 1. The highest BCUT2D eigenvalue weighted by molar-refractivity contribution is 7.80. The van der Waals surface area contributed by atoms with Gasteiger partial charge in [0.25, 0.3) is 17.5 Å². The number of nitrogens with zero attached hydrogens (tertiary/aromatic N) is 3. The number of anilines is 1. The predicted molar refractivity (Wildman–Crippen MR) is 130 cm³/mol. The maximum absolute atomic E-state index is 13.2. The fourth-order valence-electron chi connectivity index (χ4n) is 3.69. The summed E-state index contributed by atoms with van der Waals surface area (Å²) in [5.74, 6) is -1.14. The van der Waals surface area contributed by atoms with Crippen molar-refractivity contribution in [3.63, 3.8) is 0 Å². The van der Waals surface area contributed by atoms with Gasteiger partial charge < -0.3 is 4.57 Å². The number of thiocarbonyl (C=S) groups is 1. The first-order valence-corrected chi connectivity index (χ1v) is 10.6. The van der Waals surface area contributed by atoms with Crippen LogP contribution in [0, 0.1) is 24.0 Å². The van der Waals surface area contributed by atoms with Crippen molar-refractivity contribution in [2.75, 3.05) is 4.90 Å². The minimum Gasteiger partial charge on any atom is -0.318 e. The topological polar surface area (TPSA) is 97.5 Å². The minimum atomic E-state index is -0.588. The number of aromatic nitrogens is 1. The molecule has 2 aromatic carbocycles. The number of aryl methyl sites for hydroxylation is 1. The van der Waals surface area contributed by atoms with Crippen LogP contribution in [0.2, 0.25) is 5.02 Å². The number of nitrogens with one attached hydrogen (secondary N) is 1. The van der Waals surface area contributed by atoms with Crippen LogP contribution in [0.4, 0.5) is 11.4 Å². The van der Waals surface area contributed by atoms with Gasteiger partial charge in [-0.15, -0.1) is 0 Å². The van der Waals surface area contributed by atoms with E-state index in [0.29, 0.717) is 16.3 Å². The van der Waals surface area contributed by atoms with Gasteiger partial charge >= 0.3 is 0 Å². The average molecular weight is 481 g/mol. The van der Waals surface area contributed by atoms with Crippen molar-refractivity contribution >= 4 is 58.2 Å². The Labute approximate surface area is 199 Å². The number of rotatable bonds is 4. The van der Waals surface area contributed by atoms with Crippen molar-refractivity contribution in [1.82, 2.24) is 9.88 Å². The van der Waals surface area contributed by atoms with Gasteiger partial charge in [-0.05, 0) is 80.2 Å². The molecule has 0 radical (unpaired) electrons. The molecule has 8 nitrogen and oxygen atoms in total. The summed E-state index contributed by atoms with van der Waals surface area (Å²) in [5, 5.41) is 14.0. The number of halogens is 1.